The van der Waals surface area contributed by atoms with E-state index in [1.165, 1.54) is 50.3 Å². The molecule has 4 rings (SSSR count). The van der Waals surface area contributed by atoms with Crippen LogP contribution < -0.4 is 5.32 Å². The normalized spacial score (nSPS) is 21.5. The van der Waals surface area contributed by atoms with E-state index in [0.29, 0.717) is 0 Å². The number of anilines is 1. The molecule has 4 heteroatoms. The average Bonchev–Trinajstić information content (AvgIpc) is 2.76. The second-order valence-corrected chi connectivity index (χ2v) is 8.50. The molecule has 0 bridgehead atoms. The highest BCUT2D eigenvalue weighted by Gasteiger charge is 2.40. The molecule has 2 aliphatic heterocycles. The van der Waals surface area contributed by atoms with Crippen molar-refractivity contribution < 1.29 is 0 Å². The van der Waals surface area contributed by atoms with Gasteiger partial charge in [0.25, 0.3) is 0 Å². The summed E-state index contributed by atoms with van der Waals surface area (Å²) in [6.45, 7) is 9.19. The lowest BCUT2D eigenvalue weighted by Gasteiger charge is -2.51. The van der Waals surface area contributed by atoms with E-state index in [0.717, 1.165) is 26.2 Å². The predicted octanol–water partition coefficient (Wildman–Crippen LogP) is 3.38. The lowest BCUT2D eigenvalue weighted by Crippen LogP contribution is -2.63. The summed E-state index contributed by atoms with van der Waals surface area (Å²) >= 11 is 0. The molecule has 0 spiro atoms. The van der Waals surface area contributed by atoms with Crippen molar-refractivity contribution in [2.75, 3.05) is 58.2 Å². The fourth-order valence-electron chi connectivity index (χ4n) is 4.68. The molecule has 2 heterocycles. The van der Waals surface area contributed by atoms with Gasteiger partial charge in [-0.05, 0) is 50.7 Å². The lowest BCUT2D eigenvalue weighted by atomic mass is 9.84. The molecule has 2 saturated heterocycles. The third kappa shape index (κ3) is 4.75. The molecule has 0 atom stereocenters. The molecule has 2 aliphatic rings. The second-order valence-electron chi connectivity index (χ2n) is 8.50. The van der Waals surface area contributed by atoms with E-state index in [4.69, 9.17) is 0 Å². The Kier molecular flexibility index (Phi) is 6.30. The lowest BCUT2D eigenvalue weighted by molar-refractivity contribution is -0.000442. The number of nitrogens with one attached hydrogen (secondary N) is 1. The van der Waals surface area contributed by atoms with Crippen LogP contribution in [0.1, 0.15) is 18.4 Å². The van der Waals surface area contributed by atoms with E-state index in [1.54, 1.807) is 0 Å². The molecular weight excluding hydrogens is 344 g/mol. The van der Waals surface area contributed by atoms with Crippen LogP contribution in [-0.4, -0.2) is 73.1 Å². The summed E-state index contributed by atoms with van der Waals surface area (Å²) in [7, 11) is 2.26. The van der Waals surface area contributed by atoms with Gasteiger partial charge >= 0.3 is 0 Å². The predicted molar refractivity (Wildman–Crippen MR) is 118 cm³/mol. The zero-order chi connectivity index (χ0) is 19.2. The Bertz CT molecular complexity index is 702. The minimum Gasteiger partial charge on any atom is -0.383 e. The summed E-state index contributed by atoms with van der Waals surface area (Å²) in [5.41, 5.74) is 2.94. The molecule has 2 aromatic carbocycles. The molecule has 1 N–H and O–H groups in total. The van der Waals surface area contributed by atoms with Gasteiger partial charge in [0.2, 0.25) is 0 Å². The van der Waals surface area contributed by atoms with Crippen molar-refractivity contribution in [3.63, 3.8) is 0 Å². The first-order valence-corrected chi connectivity index (χ1v) is 10.7. The average molecular weight is 379 g/mol. The first-order valence-electron chi connectivity index (χ1n) is 10.7. The summed E-state index contributed by atoms with van der Waals surface area (Å²) in [4.78, 5) is 7.88. The Morgan fingerprint density at radius 3 is 2.04 bits per heavy atom. The molecule has 0 aliphatic carbocycles. The van der Waals surface area contributed by atoms with Gasteiger partial charge in [0.05, 0.1) is 0 Å². The van der Waals surface area contributed by atoms with Crippen molar-refractivity contribution in [1.29, 1.82) is 0 Å². The van der Waals surface area contributed by atoms with Crippen molar-refractivity contribution in [3.8, 4) is 0 Å². The fraction of sp³-hybridized carbons (Fsp3) is 0.500. The molecule has 2 aromatic rings. The van der Waals surface area contributed by atoms with Crippen LogP contribution in [-0.2, 0) is 6.54 Å². The third-order valence-electron chi connectivity index (χ3n) is 6.61. The monoisotopic (exact) mass is 378 g/mol. The van der Waals surface area contributed by atoms with Crippen LogP contribution >= 0.6 is 0 Å². The highest BCUT2D eigenvalue weighted by molar-refractivity contribution is 5.43. The van der Waals surface area contributed by atoms with Gasteiger partial charge in [-0.2, -0.15) is 0 Å². The second kappa shape index (κ2) is 9.08. The third-order valence-corrected chi connectivity index (χ3v) is 6.61. The van der Waals surface area contributed by atoms with Gasteiger partial charge in [0.15, 0.2) is 0 Å². The number of para-hydroxylation sites is 1. The summed E-state index contributed by atoms with van der Waals surface area (Å²) < 4.78 is 0. The Morgan fingerprint density at radius 1 is 0.786 bits per heavy atom. The molecule has 150 valence electrons. The fourth-order valence-corrected chi connectivity index (χ4v) is 4.68. The summed E-state index contributed by atoms with van der Waals surface area (Å²) in [5, 5.41) is 3.74. The SMILES string of the molecule is CN1CCC(CNc2ccccc2)(N2CCN(Cc3ccccc3)CC2)CC1. The maximum Gasteiger partial charge on any atom is 0.0407 e. The minimum atomic E-state index is 0.279. The van der Waals surface area contributed by atoms with Crippen molar-refractivity contribution >= 4 is 5.69 Å². The standard InChI is InChI=1S/C24H34N4/c1-26-14-12-24(13-15-26,21-25-23-10-6-3-7-11-23)28-18-16-27(17-19-28)20-22-8-4-2-5-9-22/h2-11,25H,12-21H2,1H3. The molecule has 2 fully saturated rings. The molecule has 0 unspecified atom stereocenters. The Balaban J connectivity index is 1.38. The van der Waals surface area contributed by atoms with Crippen LogP contribution in [0.15, 0.2) is 60.7 Å². The molecule has 28 heavy (non-hydrogen) atoms. The molecule has 4 nitrogen and oxygen atoms in total. The van der Waals surface area contributed by atoms with E-state index in [-0.39, 0.29) is 5.54 Å². The highest BCUT2D eigenvalue weighted by atomic mass is 15.3. The number of piperidine rings is 1. The number of rotatable bonds is 6. The Labute approximate surface area is 170 Å². The quantitative estimate of drug-likeness (QED) is 0.832. The van der Waals surface area contributed by atoms with Crippen LogP contribution in [0.4, 0.5) is 5.69 Å². The molecule has 0 amide bonds. The molecule has 0 aromatic heterocycles. The van der Waals surface area contributed by atoms with Gasteiger partial charge in [-0.25, -0.2) is 0 Å². The topological polar surface area (TPSA) is 21.8 Å². The maximum atomic E-state index is 3.74. The Hall–Kier alpha value is -1.88. The summed E-state index contributed by atoms with van der Waals surface area (Å²) in [6.07, 6.45) is 2.50. The minimum absolute atomic E-state index is 0.279. The van der Waals surface area contributed by atoms with E-state index < -0.39 is 0 Å². The number of likely N-dealkylation sites (tertiary alicyclic amines) is 1. The number of hydrogen-bond acceptors (Lipinski definition) is 4. The first kappa shape index (κ1) is 19.4. The molecule has 0 radical (unpaired) electrons. The van der Waals surface area contributed by atoms with Crippen LogP contribution in [0.5, 0.6) is 0 Å². The van der Waals surface area contributed by atoms with Gasteiger partial charge < -0.3 is 10.2 Å². The Morgan fingerprint density at radius 2 is 1.39 bits per heavy atom. The van der Waals surface area contributed by atoms with Gasteiger partial charge in [0, 0.05) is 50.5 Å². The number of benzene rings is 2. The van der Waals surface area contributed by atoms with Crippen molar-refractivity contribution in [2.24, 2.45) is 0 Å². The molecule has 0 saturated carbocycles. The van der Waals surface area contributed by atoms with Crippen molar-refractivity contribution in [3.05, 3.63) is 66.2 Å². The number of hydrogen-bond donors (Lipinski definition) is 1. The summed E-state index contributed by atoms with van der Waals surface area (Å²) in [5.74, 6) is 0. The molecular formula is C24H34N4. The maximum absolute atomic E-state index is 3.74. The van der Waals surface area contributed by atoms with Gasteiger partial charge in [-0.15, -0.1) is 0 Å². The zero-order valence-corrected chi connectivity index (χ0v) is 17.2. The van der Waals surface area contributed by atoms with Crippen molar-refractivity contribution in [1.82, 2.24) is 14.7 Å². The van der Waals surface area contributed by atoms with Crippen LogP contribution in [0.3, 0.4) is 0 Å². The van der Waals surface area contributed by atoms with E-state index in [1.807, 2.05) is 0 Å². The van der Waals surface area contributed by atoms with Gasteiger partial charge in [-0.1, -0.05) is 48.5 Å². The van der Waals surface area contributed by atoms with Crippen LogP contribution in [0.25, 0.3) is 0 Å². The summed E-state index contributed by atoms with van der Waals surface area (Å²) in [6, 6.07) is 21.6. The highest BCUT2D eigenvalue weighted by Crippen LogP contribution is 2.30. The van der Waals surface area contributed by atoms with E-state index in [2.05, 4.69) is 87.7 Å². The van der Waals surface area contributed by atoms with Crippen molar-refractivity contribution in [2.45, 2.75) is 24.9 Å². The van der Waals surface area contributed by atoms with E-state index in [9.17, 15) is 0 Å². The van der Waals surface area contributed by atoms with Gasteiger partial charge in [-0.3, -0.25) is 9.80 Å². The van der Waals surface area contributed by atoms with E-state index >= 15 is 0 Å². The largest absolute Gasteiger partial charge is 0.383 e. The van der Waals surface area contributed by atoms with Gasteiger partial charge in [0.1, 0.15) is 0 Å². The zero-order valence-electron chi connectivity index (χ0n) is 17.2. The van der Waals surface area contributed by atoms with Crippen LogP contribution in [0.2, 0.25) is 0 Å². The smallest absolute Gasteiger partial charge is 0.0407 e. The van der Waals surface area contributed by atoms with Crippen LogP contribution in [0, 0.1) is 0 Å². The number of piperazine rings is 1. The first-order chi connectivity index (χ1) is 13.7. The number of nitrogens with zero attached hydrogens (tertiary/aromatic N) is 3.